The molecule has 2 aromatic rings. The van der Waals surface area contributed by atoms with E-state index in [4.69, 9.17) is 4.74 Å². The summed E-state index contributed by atoms with van der Waals surface area (Å²) in [5.41, 5.74) is 1.32. The molecule has 1 saturated carbocycles. The van der Waals surface area contributed by atoms with Crippen LogP contribution in [-0.4, -0.2) is 35.1 Å². The third kappa shape index (κ3) is 6.35. The van der Waals surface area contributed by atoms with E-state index in [1.807, 2.05) is 24.3 Å². The number of anilines is 2. The second-order valence-corrected chi connectivity index (χ2v) is 8.16. The lowest BCUT2D eigenvalue weighted by Gasteiger charge is -2.07. The Labute approximate surface area is 171 Å². The number of esters is 1. The number of carbonyl (C=O) groups excluding carboxylic acids is 3. The monoisotopic (exact) mass is 419 g/mol. The smallest absolute Gasteiger partial charge is 0.311 e. The van der Waals surface area contributed by atoms with Gasteiger partial charge >= 0.3 is 5.97 Å². The molecule has 1 aromatic carbocycles. The molecule has 28 heavy (non-hydrogen) atoms. The van der Waals surface area contributed by atoms with Crippen LogP contribution in [0.2, 0.25) is 0 Å². The fraction of sp³-hybridized carbons (Fsp3) is 0.368. The van der Waals surface area contributed by atoms with Crippen molar-refractivity contribution >= 4 is 51.7 Å². The Balaban J connectivity index is 1.46. The summed E-state index contributed by atoms with van der Waals surface area (Å²) in [6, 6.07) is 7.45. The summed E-state index contributed by atoms with van der Waals surface area (Å²) in [5.74, 6) is -0.104. The minimum atomic E-state index is -0.338. The number of benzene rings is 1. The molecule has 1 aromatic heterocycles. The number of nitrogens with zero attached hydrogens (tertiary/aromatic N) is 1. The number of ether oxygens (including phenoxy) is 1. The van der Waals surface area contributed by atoms with E-state index >= 15 is 0 Å². The standard InChI is InChI=1S/C19H21N3O4S2/c1-2-26-17(24)9-14-10-28-19(21-14)22-16(23)11-27-15-5-3-4-13(8-15)20-18(25)12-6-7-12/h3-5,8,10,12H,2,6-7,9,11H2,1H3,(H,20,25)(H,21,22,23). The molecule has 0 spiro atoms. The molecule has 3 rings (SSSR count). The molecule has 1 heterocycles. The van der Waals surface area contributed by atoms with Crippen molar-refractivity contribution < 1.29 is 19.1 Å². The Hall–Kier alpha value is -2.39. The number of hydrogen-bond donors (Lipinski definition) is 2. The van der Waals surface area contributed by atoms with Gasteiger partial charge in [0.05, 0.1) is 24.5 Å². The van der Waals surface area contributed by atoms with Gasteiger partial charge in [0.1, 0.15) is 0 Å². The summed E-state index contributed by atoms with van der Waals surface area (Å²) in [6.45, 7) is 2.08. The first-order valence-corrected chi connectivity index (χ1v) is 10.8. The number of aromatic nitrogens is 1. The van der Waals surface area contributed by atoms with Crippen LogP contribution >= 0.6 is 23.1 Å². The van der Waals surface area contributed by atoms with E-state index in [0.717, 1.165) is 23.4 Å². The molecule has 0 radical (unpaired) electrons. The fourth-order valence-electron chi connectivity index (χ4n) is 2.36. The maximum atomic E-state index is 12.2. The molecule has 9 heteroatoms. The van der Waals surface area contributed by atoms with Crippen molar-refractivity contribution in [1.29, 1.82) is 0 Å². The van der Waals surface area contributed by atoms with E-state index in [-0.39, 0.29) is 35.9 Å². The van der Waals surface area contributed by atoms with Gasteiger partial charge in [-0.3, -0.25) is 14.4 Å². The Morgan fingerprint density at radius 2 is 2.11 bits per heavy atom. The number of thioether (sulfide) groups is 1. The number of hydrogen-bond acceptors (Lipinski definition) is 7. The topological polar surface area (TPSA) is 97.4 Å². The van der Waals surface area contributed by atoms with Crippen LogP contribution in [-0.2, 0) is 25.5 Å². The zero-order valence-electron chi connectivity index (χ0n) is 15.4. The molecule has 148 valence electrons. The normalized spacial score (nSPS) is 13.0. The number of amides is 2. The maximum absolute atomic E-state index is 12.2. The number of thiazole rings is 1. The van der Waals surface area contributed by atoms with Crippen LogP contribution < -0.4 is 10.6 Å². The van der Waals surface area contributed by atoms with Gasteiger partial charge in [0.25, 0.3) is 0 Å². The van der Waals surface area contributed by atoms with Crippen molar-refractivity contribution in [3.8, 4) is 0 Å². The second kappa shape index (κ2) is 9.70. The summed E-state index contributed by atoms with van der Waals surface area (Å²) in [7, 11) is 0. The molecule has 0 unspecified atom stereocenters. The van der Waals surface area contributed by atoms with Gasteiger partial charge in [-0.15, -0.1) is 23.1 Å². The zero-order valence-corrected chi connectivity index (χ0v) is 17.0. The molecular weight excluding hydrogens is 398 g/mol. The van der Waals surface area contributed by atoms with Crippen LogP contribution in [0, 0.1) is 5.92 Å². The largest absolute Gasteiger partial charge is 0.466 e. The number of carbonyl (C=O) groups is 3. The van der Waals surface area contributed by atoms with Crippen LogP contribution in [0.4, 0.5) is 10.8 Å². The Morgan fingerprint density at radius 1 is 1.29 bits per heavy atom. The van der Waals surface area contributed by atoms with Crippen LogP contribution in [0.5, 0.6) is 0 Å². The highest BCUT2D eigenvalue weighted by atomic mass is 32.2. The zero-order chi connectivity index (χ0) is 19.9. The van der Waals surface area contributed by atoms with Gasteiger partial charge in [0.2, 0.25) is 11.8 Å². The van der Waals surface area contributed by atoms with E-state index in [2.05, 4.69) is 15.6 Å². The molecule has 1 aliphatic carbocycles. The average Bonchev–Trinajstić information content (AvgIpc) is 3.43. The van der Waals surface area contributed by atoms with Gasteiger partial charge in [-0.05, 0) is 38.0 Å². The second-order valence-electron chi connectivity index (χ2n) is 6.25. The molecule has 0 saturated heterocycles. The van der Waals surface area contributed by atoms with Crippen molar-refractivity contribution in [2.24, 2.45) is 5.92 Å². The van der Waals surface area contributed by atoms with Crippen LogP contribution in [0.1, 0.15) is 25.5 Å². The molecule has 2 amide bonds. The minimum Gasteiger partial charge on any atom is -0.466 e. The Morgan fingerprint density at radius 3 is 2.86 bits per heavy atom. The van der Waals surface area contributed by atoms with Crippen molar-refractivity contribution in [2.75, 3.05) is 23.0 Å². The van der Waals surface area contributed by atoms with Crippen molar-refractivity contribution in [2.45, 2.75) is 31.1 Å². The Kier molecular flexibility index (Phi) is 7.05. The van der Waals surface area contributed by atoms with E-state index in [9.17, 15) is 14.4 Å². The quantitative estimate of drug-likeness (QED) is 0.478. The molecule has 2 N–H and O–H groups in total. The summed E-state index contributed by atoms with van der Waals surface area (Å²) in [6.07, 6.45) is 2.01. The summed E-state index contributed by atoms with van der Waals surface area (Å²) >= 11 is 2.65. The highest BCUT2D eigenvalue weighted by Gasteiger charge is 2.29. The lowest BCUT2D eigenvalue weighted by atomic mass is 10.3. The van der Waals surface area contributed by atoms with Gasteiger partial charge in [0, 0.05) is 21.9 Å². The number of nitrogens with one attached hydrogen (secondary N) is 2. The van der Waals surface area contributed by atoms with E-state index in [1.165, 1.54) is 23.1 Å². The SMILES string of the molecule is CCOC(=O)Cc1csc(NC(=O)CSc2cccc(NC(=O)C3CC3)c2)n1. The van der Waals surface area contributed by atoms with Gasteiger partial charge in [-0.1, -0.05) is 6.07 Å². The lowest BCUT2D eigenvalue weighted by molar-refractivity contribution is -0.142. The molecule has 7 nitrogen and oxygen atoms in total. The molecule has 0 aliphatic heterocycles. The van der Waals surface area contributed by atoms with Gasteiger partial charge in [0.15, 0.2) is 5.13 Å². The predicted octanol–water partition coefficient (Wildman–Crippen LogP) is 3.33. The molecule has 0 bridgehead atoms. The Bertz CT molecular complexity index is 864. The van der Waals surface area contributed by atoms with E-state index in [1.54, 1.807) is 12.3 Å². The van der Waals surface area contributed by atoms with Crippen LogP contribution in [0.25, 0.3) is 0 Å². The van der Waals surface area contributed by atoms with Crippen LogP contribution in [0.3, 0.4) is 0 Å². The van der Waals surface area contributed by atoms with E-state index in [0.29, 0.717) is 17.4 Å². The first-order chi connectivity index (χ1) is 13.5. The molecule has 1 fully saturated rings. The third-order valence-electron chi connectivity index (χ3n) is 3.85. The number of rotatable bonds is 9. The summed E-state index contributed by atoms with van der Waals surface area (Å²) in [5, 5.41) is 7.82. The molecule has 0 atom stereocenters. The average molecular weight is 420 g/mol. The minimum absolute atomic E-state index is 0.0577. The highest BCUT2D eigenvalue weighted by Crippen LogP contribution is 2.30. The summed E-state index contributed by atoms with van der Waals surface area (Å²) in [4.78, 5) is 40.6. The van der Waals surface area contributed by atoms with Crippen molar-refractivity contribution in [3.05, 3.63) is 35.3 Å². The first kappa shape index (κ1) is 20.3. The van der Waals surface area contributed by atoms with Crippen LogP contribution in [0.15, 0.2) is 34.5 Å². The molecular formula is C19H21N3O4S2. The highest BCUT2D eigenvalue weighted by molar-refractivity contribution is 8.00. The first-order valence-electron chi connectivity index (χ1n) is 8.97. The van der Waals surface area contributed by atoms with Gasteiger partial charge in [-0.25, -0.2) is 4.98 Å². The van der Waals surface area contributed by atoms with Gasteiger partial charge in [-0.2, -0.15) is 0 Å². The fourth-order valence-corrected chi connectivity index (χ4v) is 3.84. The summed E-state index contributed by atoms with van der Waals surface area (Å²) < 4.78 is 4.88. The van der Waals surface area contributed by atoms with E-state index < -0.39 is 0 Å². The third-order valence-corrected chi connectivity index (χ3v) is 5.65. The molecule has 1 aliphatic rings. The predicted molar refractivity (Wildman–Crippen MR) is 110 cm³/mol. The maximum Gasteiger partial charge on any atom is 0.311 e. The van der Waals surface area contributed by atoms with Crippen molar-refractivity contribution in [1.82, 2.24) is 4.98 Å². The lowest BCUT2D eigenvalue weighted by Crippen LogP contribution is -2.14. The van der Waals surface area contributed by atoms with Gasteiger partial charge < -0.3 is 15.4 Å². The van der Waals surface area contributed by atoms with Crippen molar-refractivity contribution in [3.63, 3.8) is 0 Å².